The maximum atomic E-state index is 5.41. The molecule has 0 spiro atoms. The van der Waals surface area contributed by atoms with Crippen LogP contribution < -0.4 is 5.32 Å². The lowest BCUT2D eigenvalue weighted by atomic mass is 9.91. The van der Waals surface area contributed by atoms with Crippen molar-refractivity contribution >= 4 is 10.8 Å². The zero-order chi connectivity index (χ0) is 12.9. The van der Waals surface area contributed by atoms with Crippen LogP contribution >= 0.6 is 0 Å². The molecule has 0 aromatic heterocycles. The first-order chi connectivity index (χ1) is 9.36. The molecule has 0 amide bonds. The van der Waals surface area contributed by atoms with Gasteiger partial charge in [-0.3, -0.25) is 0 Å². The highest BCUT2D eigenvalue weighted by Gasteiger charge is 2.67. The Kier molecular flexibility index (Phi) is 2.44. The molecule has 0 radical (unpaired) electrons. The van der Waals surface area contributed by atoms with Crippen LogP contribution in [0, 0.1) is 11.8 Å². The minimum Gasteiger partial charge on any atom is -0.384 e. The van der Waals surface area contributed by atoms with Gasteiger partial charge in [0.1, 0.15) is 0 Å². The minimum atomic E-state index is 0.333. The highest BCUT2D eigenvalue weighted by Crippen LogP contribution is 2.62. The van der Waals surface area contributed by atoms with Crippen LogP contribution in [0.2, 0.25) is 0 Å². The predicted molar refractivity (Wildman–Crippen MR) is 77.4 cm³/mol. The molecule has 2 aromatic carbocycles. The molecule has 1 heterocycles. The fourth-order valence-electron chi connectivity index (χ4n) is 4.08. The van der Waals surface area contributed by atoms with Gasteiger partial charge in [0.2, 0.25) is 0 Å². The first-order valence-corrected chi connectivity index (χ1v) is 7.05. The first-order valence-electron chi connectivity index (χ1n) is 7.05. The van der Waals surface area contributed by atoms with E-state index in [9.17, 15) is 0 Å². The first kappa shape index (κ1) is 11.4. The highest BCUT2D eigenvalue weighted by molar-refractivity contribution is 5.83. The number of fused-ring (bicyclic) bond motifs is 2. The van der Waals surface area contributed by atoms with E-state index in [-0.39, 0.29) is 0 Å². The molecule has 0 bridgehead atoms. The zero-order valence-electron chi connectivity index (χ0n) is 11.2. The number of hydrogen-bond acceptors (Lipinski definition) is 2. The molecule has 2 nitrogen and oxygen atoms in total. The van der Waals surface area contributed by atoms with Crippen molar-refractivity contribution in [1.82, 2.24) is 5.32 Å². The van der Waals surface area contributed by atoms with Gasteiger partial charge in [-0.15, -0.1) is 0 Å². The fraction of sp³-hybridized carbons (Fsp3) is 0.412. The molecule has 2 fully saturated rings. The molecule has 1 aliphatic carbocycles. The van der Waals surface area contributed by atoms with E-state index in [0.717, 1.165) is 25.6 Å². The predicted octanol–water partition coefficient (Wildman–Crippen LogP) is 2.57. The van der Waals surface area contributed by atoms with E-state index in [2.05, 4.69) is 47.8 Å². The second kappa shape index (κ2) is 4.06. The van der Waals surface area contributed by atoms with E-state index >= 15 is 0 Å². The molecule has 2 aliphatic rings. The average molecular weight is 253 g/mol. The molecule has 2 aromatic rings. The van der Waals surface area contributed by atoms with Crippen LogP contribution in [0.1, 0.15) is 5.56 Å². The van der Waals surface area contributed by atoms with Crippen LogP contribution in [0.3, 0.4) is 0 Å². The Morgan fingerprint density at radius 1 is 1.21 bits per heavy atom. The SMILES string of the molecule is COCC1[C@@H]2CNC[C@]12c1ccc2ccccc2c1. The van der Waals surface area contributed by atoms with E-state index in [1.165, 1.54) is 16.3 Å². The normalized spacial score (nSPS) is 32.5. The standard InChI is InChI=1S/C17H19NO/c1-19-10-16-15-9-18-11-17(15,16)14-7-6-12-4-2-3-5-13(12)8-14/h2-8,15-16,18H,9-11H2,1H3/t15-,16?,17+/m0/s1. The van der Waals surface area contributed by atoms with E-state index in [0.29, 0.717) is 11.3 Å². The largest absolute Gasteiger partial charge is 0.384 e. The monoisotopic (exact) mass is 253 g/mol. The van der Waals surface area contributed by atoms with Crippen LogP contribution in [0.5, 0.6) is 0 Å². The van der Waals surface area contributed by atoms with Gasteiger partial charge in [0.25, 0.3) is 0 Å². The summed E-state index contributed by atoms with van der Waals surface area (Å²) in [7, 11) is 1.82. The van der Waals surface area contributed by atoms with Crippen LogP contribution in [-0.4, -0.2) is 26.8 Å². The van der Waals surface area contributed by atoms with Crippen molar-refractivity contribution in [2.24, 2.45) is 11.8 Å². The highest BCUT2D eigenvalue weighted by atomic mass is 16.5. The summed E-state index contributed by atoms with van der Waals surface area (Å²) >= 11 is 0. The summed E-state index contributed by atoms with van der Waals surface area (Å²) in [6.45, 7) is 3.13. The zero-order valence-corrected chi connectivity index (χ0v) is 11.2. The average Bonchev–Trinajstić information content (AvgIpc) is 2.85. The molecule has 1 saturated heterocycles. The van der Waals surface area contributed by atoms with Crippen molar-refractivity contribution in [3.63, 3.8) is 0 Å². The maximum absolute atomic E-state index is 5.41. The molecule has 2 heteroatoms. The number of ether oxygens (including phenoxy) is 1. The molecular formula is C17H19NO. The van der Waals surface area contributed by atoms with Gasteiger partial charge < -0.3 is 10.1 Å². The van der Waals surface area contributed by atoms with Crippen LogP contribution in [-0.2, 0) is 10.2 Å². The third-order valence-electron chi connectivity index (χ3n) is 5.11. The second-order valence-electron chi connectivity index (χ2n) is 5.90. The van der Waals surface area contributed by atoms with Gasteiger partial charge in [-0.25, -0.2) is 0 Å². The van der Waals surface area contributed by atoms with Gasteiger partial charge >= 0.3 is 0 Å². The molecule has 3 atom stereocenters. The minimum absolute atomic E-state index is 0.333. The van der Waals surface area contributed by atoms with Crippen molar-refractivity contribution in [3.8, 4) is 0 Å². The molecule has 98 valence electrons. The summed E-state index contributed by atoms with van der Waals surface area (Å²) in [5, 5.41) is 6.22. The summed E-state index contributed by atoms with van der Waals surface area (Å²) in [4.78, 5) is 0. The van der Waals surface area contributed by atoms with Crippen LogP contribution in [0.25, 0.3) is 10.8 Å². The number of hydrogen-bond donors (Lipinski definition) is 1. The van der Waals surface area contributed by atoms with Crippen molar-refractivity contribution in [1.29, 1.82) is 0 Å². The smallest absolute Gasteiger partial charge is 0.0503 e. The number of methoxy groups -OCH3 is 1. The summed E-state index contributed by atoms with van der Waals surface area (Å²) in [5.41, 5.74) is 1.82. The molecule has 1 N–H and O–H groups in total. The third-order valence-corrected chi connectivity index (χ3v) is 5.11. The number of benzene rings is 2. The molecule has 1 unspecified atom stereocenters. The number of piperidine rings is 1. The van der Waals surface area contributed by atoms with Gasteiger partial charge in [-0.1, -0.05) is 42.5 Å². The summed E-state index contributed by atoms with van der Waals surface area (Å²) in [6.07, 6.45) is 0. The third kappa shape index (κ3) is 1.50. The van der Waals surface area contributed by atoms with Crippen LogP contribution in [0.4, 0.5) is 0 Å². The molecule has 1 saturated carbocycles. The van der Waals surface area contributed by atoms with Crippen molar-refractivity contribution in [3.05, 3.63) is 48.0 Å². The van der Waals surface area contributed by atoms with Gasteiger partial charge in [0, 0.05) is 19.1 Å². The summed E-state index contributed by atoms with van der Waals surface area (Å²) in [6, 6.07) is 15.6. The molecule has 1 aliphatic heterocycles. The van der Waals surface area contributed by atoms with Crippen molar-refractivity contribution in [2.45, 2.75) is 5.41 Å². The van der Waals surface area contributed by atoms with Crippen LogP contribution in [0.15, 0.2) is 42.5 Å². The van der Waals surface area contributed by atoms with Gasteiger partial charge in [0.15, 0.2) is 0 Å². The molecule has 4 rings (SSSR count). The Labute approximate surface area is 113 Å². The van der Waals surface area contributed by atoms with E-state index in [4.69, 9.17) is 4.74 Å². The van der Waals surface area contributed by atoms with E-state index in [1.807, 2.05) is 7.11 Å². The fourth-order valence-corrected chi connectivity index (χ4v) is 4.08. The quantitative estimate of drug-likeness (QED) is 0.907. The van der Waals surface area contributed by atoms with Crippen molar-refractivity contribution in [2.75, 3.05) is 26.8 Å². The lowest BCUT2D eigenvalue weighted by Crippen LogP contribution is -2.25. The number of rotatable bonds is 3. The van der Waals surface area contributed by atoms with E-state index in [1.54, 1.807) is 0 Å². The molecular weight excluding hydrogens is 234 g/mol. The Balaban J connectivity index is 1.77. The Morgan fingerprint density at radius 2 is 2.05 bits per heavy atom. The Hall–Kier alpha value is -1.38. The van der Waals surface area contributed by atoms with E-state index < -0.39 is 0 Å². The lowest BCUT2D eigenvalue weighted by Gasteiger charge is -2.16. The van der Waals surface area contributed by atoms with Crippen molar-refractivity contribution < 1.29 is 4.74 Å². The topological polar surface area (TPSA) is 21.3 Å². The number of nitrogens with one attached hydrogen (secondary N) is 1. The van der Waals surface area contributed by atoms with Gasteiger partial charge in [0.05, 0.1) is 6.61 Å². The Bertz CT molecular complexity index is 623. The summed E-state index contributed by atoms with van der Waals surface area (Å²) in [5.74, 6) is 1.45. The Morgan fingerprint density at radius 3 is 2.89 bits per heavy atom. The van der Waals surface area contributed by atoms with Gasteiger partial charge in [-0.05, 0) is 34.7 Å². The molecule has 19 heavy (non-hydrogen) atoms. The van der Waals surface area contributed by atoms with Gasteiger partial charge in [-0.2, -0.15) is 0 Å². The second-order valence-corrected chi connectivity index (χ2v) is 5.90. The summed E-state index contributed by atoms with van der Waals surface area (Å²) < 4.78 is 5.41. The lowest BCUT2D eigenvalue weighted by molar-refractivity contribution is 0.172. The maximum Gasteiger partial charge on any atom is 0.0503 e.